The largest absolute Gasteiger partial charge is 0.478 e. The summed E-state index contributed by atoms with van der Waals surface area (Å²) < 4.78 is 0. The van der Waals surface area contributed by atoms with E-state index in [1.807, 2.05) is 32.9 Å². The lowest BCUT2D eigenvalue weighted by Gasteiger charge is -2.33. The molecule has 1 aliphatic heterocycles. The second kappa shape index (κ2) is 7.09. The average molecular weight is 340 g/mol. The van der Waals surface area contributed by atoms with Crippen LogP contribution in [0.3, 0.4) is 0 Å². The Kier molecular flexibility index (Phi) is 4.88. The Morgan fingerprint density at radius 2 is 1.80 bits per heavy atom. The zero-order valence-corrected chi connectivity index (χ0v) is 14.9. The van der Waals surface area contributed by atoms with Crippen molar-refractivity contribution in [3.63, 3.8) is 0 Å². The molecule has 0 saturated carbocycles. The van der Waals surface area contributed by atoms with Crippen LogP contribution in [-0.4, -0.2) is 40.2 Å². The average Bonchev–Trinajstić information content (AvgIpc) is 2.59. The number of aromatic carboxylic acids is 1. The molecular weight excluding hydrogens is 316 g/mol. The van der Waals surface area contributed by atoms with Gasteiger partial charge in [0.2, 0.25) is 5.95 Å². The Hall–Kier alpha value is -2.63. The summed E-state index contributed by atoms with van der Waals surface area (Å²) in [5, 5.41) is 13.1. The first-order valence-corrected chi connectivity index (χ1v) is 8.60. The molecule has 0 aliphatic carbocycles. The van der Waals surface area contributed by atoms with Crippen molar-refractivity contribution in [3.8, 4) is 0 Å². The van der Waals surface area contributed by atoms with Gasteiger partial charge in [0.15, 0.2) is 0 Å². The highest BCUT2D eigenvalue weighted by molar-refractivity contribution is 5.93. The SMILES string of the molecule is Cc1cc(C)c(C(=O)O)c(C)c1NC1CCN(c2ncccn2)CC1. The summed E-state index contributed by atoms with van der Waals surface area (Å²) in [6.45, 7) is 7.54. The Labute approximate surface area is 147 Å². The summed E-state index contributed by atoms with van der Waals surface area (Å²) in [7, 11) is 0. The number of aryl methyl sites for hydroxylation is 2. The summed E-state index contributed by atoms with van der Waals surface area (Å²) in [4.78, 5) is 22.4. The van der Waals surface area contributed by atoms with E-state index in [1.165, 1.54) is 0 Å². The summed E-state index contributed by atoms with van der Waals surface area (Å²) in [5.74, 6) is -0.0918. The maximum atomic E-state index is 11.5. The van der Waals surface area contributed by atoms with Crippen LogP contribution in [0.4, 0.5) is 11.6 Å². The number of aromatic nitrogens is 2. The van der Waals surface area contributed by atoms with Crippen LogP contribution in [0.15, 0.2) is 24.5 Å². The van der Waals surface area contributed by atoms with Crippen molar-refractivity contribution in [2.75, 3.05) is 23.3 Å². The molecule has 1 fully saturated rings. The first-order chi connectivity index (χ1) is 12.0. The van der Waals surface area contributed by atoms with Gasteiger partial charge in [-0.05, 0) is 56.4 Å². The van der Waals surface area contributed by atoms with Gasteiger partial charge < -0.3 is 15.3 Å². The fourth-order valence-electron chi connectivity index (χ4n) is 3.62. The third-order valence-corrected chi connectivity index (χ3v) is 4.86. The molecule has 2 aromatic rings. The lowest BCUT2D eigenvalue weighted by Crippen LogP contribution is -2.40. The zero-order chi connectivity index (χ0) is 18.0. The van der Waals surface area contributed by atoms with Gasteiger partial charge in [0.1, 0.15) is 0 Å². The van der Waals surface area contributed by atoms with E-state index in [9.17, 15) is 9.90 Å². The minimum Gasteiger partial charge on any atom is -0.478 e. The van der Waals surface area contributed by atoms with E-state index in [0.717, 1.165) is 54.3 Å². The molecule has 2 heterocycles. The molecule has 1 aliphatic rings. The number of carboxylic acids is 1. The number of carboxylic acid groups (broad SMARTS) is 1. The van der Waals surface area contributed by atoms with Crippen LogP contribution >= 0.6 is 0 Å². The molecule has 0 spiro atoms. The van der Waals surface area contributed by atoms with E-state index in [1.54, 1.807) is 12.4 Å². The van der Waals surface area contributed by atoms with Crippen LogP contribution in [0.2, 0.25) is 0 Å². The van der Waals surface area contributed by atoms with Crippen molar-refractivity contribution in [3.05, 3.63) is 46.8 Å². The van der Waals surface area contributed by atoms with Crippen LogP contribution in [-0.2, 0) is 0 Å². The second-order valence-electron chi connectivity index (χ2n) is 6.64. The van der Waals surface area contributed by atoms with Crippen LogP contribution in [0, 0.1) is 20.8 Å². The first kappa shape index (κ1) is 17.2. The molecule has 2 N–H and O–H groups in total. The summed E-state index contributed by atoms with van der Waals surface area (Å²) in [5.41, 5.74) is 4.08. The van der Waals surface area contributed by atoms with Crippen LogP contribution in [0.25, 0.3) is 0 Å². The predicted molar refractivity (Wildman–Crippen MR) is 98.5 cm³/mol. The van der Waals surface area contributed by atoms with Gasteiger partial charge in [0.25, 0.3) is 0 Å². The molecule has 1 aromatic carbocycles. The molecule has 132 valence electrons. The molecule has 0 atom stereocenters. The number of hydrogen-bond donors (Lipinski definition) is 2. The quantitative estimate of drug-likeness (QED) is 0.890. The van der Waals surface area contributed by atoms with Gasteiger partial charge in [0, 0.05) is 37.2 Å². The third kappa shape index (κ3) is 3.57. The molecule has 6 nitrogen and oxygen atoms in total. The van der Waals surface area contributed by atoms with Crippen molar-refractivity contribution in [1.29, 1.82) is 0 Å². The van der Waals surface area contributed by atoms with Gasteiger partial charge >= 0.3 is 5.97 Å². The minimum atomic E-state index is -0.867. The van der Waals surface area contributed by atoms with Crippen LogP contribution in [0.5, 0.6) is 0 Å². The van der Waals surface area contributed by atoms with Crippen LogP contribution in [0.1, 0.15) is 39.9 Å². The smallest absolute Gasteiger partial charge is 0.336 e. The van der Waals surface area contributed by atoms with Gasteiger partial charge in [-0.2, -0.15) is 0 Å². The molecule has 0 radical (unpaired) electrons. The molecule has 1 saturated heterocycles. The van der Waals surface area contributed by atoms with Gasteiger partial charge in [-0.1, -0.05) is 6.07 Å². The molecule has 0 bridgehead atoms. The molecule has 3 rings (SSSR count). The van der Waals surface area contributed by atoms with Crippen molar-refractivity contribution in [2.24, 2.45) is 0 Å². The van der Waals surface area contributed by atoms with E-state index in [0.29, 0.717) is 11.6 Å². The van der Waals surface area contributed by atoms with Gasteiger partial charge in [-0.3, -0.25) is 0 Å². The number of hydrogen-bond acceptors (Lipinski definition) is 5. The first-order valence-electron chi connectivity index (χ1n) is 8.60. The number of rotatable bonds is 4. The van der Waals surface area contributed by atoms with E-state index in [4.69, 9.17) is 0 Å². The van der Waals surface area contributed by atoms with Gasteiger partial charge in [-0.15, -0.1) is 0 Å². The Bertz CT molecular complexity index is 769. The maximum absolute atomic E-state index is 11.5. The third-order valence-electron chi connectivity index (χ3n) is 4.86. The molecule has 6 heteroatoms. The lowest BCUT2D eigenvalue weighted by atomic mass is 9.95. The predicted octanol–water partition coefficient (Wildman–Crippen LogP) is 3.18. The minimum absolute atomic E-state index is 0.321. The van der Waals surface area contributed by atoms with Crippen molar-refractivity contribution in [2.45, 2.75) is 39.7 Å². The highest BCUT2D eigenvalue weighted by Crippen LogP contribution is 2.29. The van der Waals surface area contributed by atoms with Crippen molar-refractivity contribution < 1.29 is 9.90 Å². The Morgan fingerprint density at radius 3 is 2.40 bits per heavy atom. The number of piperidine rings is 1. The molecule has 25 heavy (non-hydrogen) atoms. The number of anilines is 2. The van der Waals surface area contributed by atoms with Crippen LogP contribution < -0.4 is 10.2 Å². The number of nitrogens with zero attached hydrogens (tertiary/aromatic N) is 3. The highest BCUT2D eigenvalue weighted by Gasteiger charge is 2.23. The molecule has 1 aromatic heterocycles. The standard InChI is InChI=1S/C19H24N4O2/c1-12-11-13(2)17(14(3)16(12)18(24)25)22-15-5-9-23(10-6-15)19-20-7-4-8-21-19/h4,7-8,11,15,22H,5-6,9-10H2,1-3H3,(H,24,25). The summed E-state index contributed by atoms with van der Waals surface area (Å²) in [6, 6.07) is 4.09. The lowest BCUT2D eigenvalue weighted by molar-refractivity contribution is 0.0695. The number of nitrogens with one attached hydrogen (secondary N) is 1. The second-order valence-corrected chi connectivity index (χ2v) is 6.64. The Balaban J connectivity index is 1.72. The fourth-order valence-corrected chi connectivity index (χ4v) is 3.62. The van der Waals surface area contributed by atoms with E-state index >= 15 is 0 Å². The van der Waals surface area contributed by atoms with Gasteiger partial charge in [0.05, 0.1) is 5.56 Å². The summed E-state index contributed by atoms with van der Waals surface area (Å²) >= 11 is 0. The topological polar surface area (TPSA) is 78.4 Å². The molecular formula is C19H24N4O2. The van der Waals surface area contributed by atoms with E-state index in [-0.39, 0.29) is 0 Å². The molecule has 0 amide bonds. The number of benzene rings is 1. The maximum Gasteiger partial charge on any atom is 0.336 e. The zero-order valence-electron chi connectivity index (χ0n) is 14.9. The highest BCUT2D eigenvalue weighted by atomic mass is 16.4. The van der Waals surface area contributed by atoms with Crippen molar-refractivity contribution >= 4 is 17.6 Å². The van der Waals surface area contributed by atoms with Crippen molar-refractivity contribution in [1.82, 2.24) is 9.97 Å². The normalized spacial score (nSPS) is 15.2. The Morgan fingerprint density at radius 1 is 1.16 bits per heavy atom. The summed E-state index contributed by atoms with van der Waals surface area (Å²) in [6.07, 6.45) is 5.46. The monoisotopic (exact) mass is 340 g/mol. The molecule has 0 unspecified atom stereocenters. The van der Waals surface area contributed by atoms with E-state index < -0.39 is 5.97 Å². The van der Waals surface area contributed by atoms with Gasteiger partial charge in [-0.25, -0.2) is 14.8 Å². The fraction of sp³-hybridized carbons (Fsp3) is 0.421. The van der Waals surface area contributed by atoms with E-state index in [2.05, 4.69) is 20.2 Å². The number of carbonyl (C=O) groups is 1.